The summed E-state index contributed by atoms with van der Waals surface area (Å²) >= 11 is 1.95. The molecule has 1 N–H and O–H groups in total. The largest absolute Gasteiger partial charge is 0.365 e. The van der Waals surface area contributed by atoms with Gasteiger partial charge in [0.1, 0.15) is 0 Å². The van der Waals surface area contributed by atoms with Gasteiger partial charge in [-0.05, 0) is 25.2 Å². The smallest absolute Gasteiger partial charge is 0.156 e. The van der Waals surface area contributed by atoms with Gasteiger partial charge >= 0.3 is 0 Å². The Hall–Kier alpha value is -0.180. The molecule has 1 atom stereocenters. The molecule has 0 bridgehead atoms. The van der Waals surface area contributed by atoms with Crippen LogP contribution < -0.4 is 5.32 Å². The van der Waals surface area contributed by atoms with Crippen LogP contribution in [0.2, 0.25) is 0 Å². The minimum Gasteiger partial charge on any atom is -0.365 e. The summed E-state index contributed by atoms with van der Waals surface area (Å²) < 4.78 is 0. The van der Waals surface area contributed by atoms with E-state index in [9.17, 15) is 0 Å². The first-order valence-electron chi connectivity index (χ1n) is 6.33. The van der Waals surface area contributed by atoms with Gasteiger partial charge in [-0.3, -0.25) is 4.99 Å². The lowest BCUT2D eigenvalue weighted by atomic mass is 10.2. The molecule has 1 aliphatic heterocycles. The van der Waals surface area contributed by atoms with E-state index in [2.05, 4.69) is 17.2 Å². The zero-order valence-corrected chi connectivity index (χ0v) is 10.5. The molecule has 0 aromatic carbocycles. The lowest BCUT2D eigenvalue weighted by molar-refractivity contribution is 0.654. The van der Waals surface area contributed by atoms with Crippen LogP contribution in [0.3, 0.4) is 0 Å². The van der Waals surface area contributed by atoms with Gasteiger partial charge in [0.05, 0.1) is 6.54 Å². The molecular weight excluding hydrogens is 204 g/mol. The summed E-state index contributed by atoms with van der Waals surface area (Å²) in [6, 6.07) is 0. The van der Waals surface area contributed by atoms with Gasteiger partial charge in [0.15, 0.2) is 5.17 Å². The molecule has 0 amide bonds. The summed E-state index contributed by atoms with van der Waals surface area (Å²) in [5.41, 5.74) is 0. The Kier molecular flexibility index (Phi) is 4.36. The van der Waals surface area contributed by atoms with Crippen LogP contribution in [0.5, 0.6) is 0 Å². The van der Waals surface area contributed by atoms with E-state index in [4.69, 9.17) is 0 Å². The van der Waals surface area contributed by atoms with Crippen molar-refractivity contribution in [3.63, 3.8) is 0 Å². The molecule has 86 valence electrons. The maximum atomic E-state index is 4.54. The number of nitrogens with zero attached hydrogens (tertiary/aromatic N) is 1. The van der Waals surface area contributed by atoms with E-state index < -0.39 is 0 Å². The number of hydrogen-bond donors (Lipinski definition) is 1. The first-order chi connectivity index (χ1) is 7.38. The predicted molar refractivity (Wildman–Crippen MR) is 68.5 cm³/mol. The summed E-state index contributed by atoms with van der Waals surface area (Å²) in [4.78, 5) is 4.54. The molecule has 15 heavy (non-hydrogen) atoms. The van der Waals surface area contributed by atoms with Crippen molar-refractivity contribution in [2.75, 3.05) is 13.1 Å². The Morgan fingerprint density at radius 1 is 1.40 bits per heavy atom. The lowest BCUT2D eigenvalue weighted by Crippen LogP contribution is -2.20. The van der Waals surface area contributed by atoms with Crippen LogP contribution >= 0.6 is 11.8 Å². The molecule has 1 fully saturated rings. The van der Waals surface area contributed by atoms with Crippen molar-refractivity contribution in [2.45, 2.75) is 50.7 Å². The summed E-state index contributed by atoms with van der Waals surface area (Å²) in [6.07, 6.45) is 8.29. The maximum absolute atomic E-state index is 4.54. The van der Waals surface area contributed by atoms with Crippen molar-refractivity contribution >= 4 is 16.9 Å². The van der Waals surface area contributed by atoms with E-state index >= 15 is 0 Å². The SMILES string of the molecule is CCCC1CN=C(NCCCC2CC2)S1. The average molecular weight is 226 g/mol. The second-order valence-corrected chi connectivity index (χ2v) is 5.98. The number of aliphatic imine (C=N–C) groups is 1. The van der Waals surface area contributed by atoms with E-state index in [0.29, 0.717) is 0 Å². The standard InChI is InChI=1S/C12H22N2S/c1-2-4-11-9-14-12(15-11)13-8-3-5-10-6-7-10/h10-11H,2-9H2,1H3,(H,13,14). The third-order valence-electron chi connectivity index (χ3n) is 3.09. The van der Waals surface area contributed by atoms with Gasteiger partial charge in [-0.25, -0.2) is 0 Å². The molecule has 0 spiro atoms. The molecule has 0 radical (unpaired) electrons. The molecule has 1 aliphatic carbocycles. The zero-order chi connectivity index (χ0) is 10.5. The number of thioether (sulfide) groups is 1. The average Bonchev–Trinajstić information content (AvgIpc) is 2.95. The highest BCUT2D eigenvalue weighted by Crippen LogP contribution is 2.33. The first kappa shape index (κ1) is 11.3. The van der Waals surface area contributed by atoms with Crippen LogP contribution in [0.4, 0.5) is 0 Å². The number of rotatable bonds is 6. The van der Waals surface area contributed by atoms with E-state index in [0.717, 1.165) is 24.3 Å². The van der Waals surface area contributed by atoms with Crippen LogP contribution in [0, 0.1) is 5.92 Å². The fraction of sp³-hybridized carbons (Fsp3) is 0.917. The Labute approximate surface area is 97.3 Å². The highest BCUT2D eigenvalue weighted by atomic mass is 32.2. The van der Waals surface area contributed by atoms with Crippen LogP contribution in [0.1, 0.15) is 45.4 Å². The van der Waals surface area contributed by atoms with Crippen molar-refractivity contribution < 1.29 is 0 Å². The van der Waals surface area contributed by atoms with Gasteiger partial charge in [0, 0.05) is 11.8 Å². The number of hydrogen-bond acceptors (Lipinski definition) is 3. The fourth-order valence-corrected chi connectivity index (χ4v) is 3.13. The predicted octanol–water partition coefficient (Wildman–Crippen LogP) is 3.04. The monoisotopic (exact) mass is 226 g/mol. The Bertz CT molecular complexity index is 224. The van der Waals surface area contributed by atoms with E-state index in [1.54, 1.807) is 0 Å². The lowest BCUT2D eigenvalue weighted by Gasteiger charge is -2.07. The van der Waals surface area contributed by atoms with Gasteiger partial charge in [-0.2, -0.15) is 0 Å². The van der Waals surface area contributed by atoms with E-state index in [1.807, 2.05) is 11.8 Å². The Morgan fingerprint density at radius 3 is 3.00 bits per heavy atom. The second-order valence-electron chi connectivity index (χ2n) is 4.69. The molecule has 0 aromatic rings. The van der Waals surface area contributed by atoms with E-state index in [-0.39, 0.29) is 0 Å². The normalized spacial score (nSPS) is 25.4. The molecule has 1 heterocycles. The summed E-state index contributed by atoms with van der Waals surface area (Å²) in [6.45, 7) is 4.41. The van der Waals surface area contributed by atoms with Gasteiger partial charge < -0.3 is 5.32 Å². The molecule has 1 saturated carbocycles. The van der Waals surface area contributed by atoms with Crippen molar-refractivity contribution in [1.82, 2.24) is 5.32 Å². The number of nitrogens with one attached hydrogen (secondary N) is 1. The van der Waals surface area contributed by atoms with E-state index in [1.165, 1.54) is 43.7 Å². The number of amidine groups is 1. The maximum Gasteiger partial charge on any atom is 0.156 e. The molecule has 0 aromatic heterocycles. The van der Waals surface area contributed by atoms with Crippen LogP contribution in [-0.2, 0) is 0 Å². The summed E-state index contributed by atoms with van der Waals surface area (Å²) in [7, 11) is 0. The third-order valence-corrected chi connectivity index (χ3v) is 4.30. The van der Waals surface area contributed by atoms with Gasteiger partial charge in [0.25, 0.3) is 0 Å². The third kappa shape index (κ3) is 4.06. The van der Waals surface area contributed by atoms with Gasteiger partial charge in [-0.15, -0.1) is 0 Å². The van der Waals surface area contributed by atoms with Gasteiger partial charge in [0.2, 0.25) is 0 Å². The van der Waals surface area contributed by atoms with Crippen molar-refractivity contribution in [2.24, 2.45) is 10.9 Å². The Morgan fingerprint density at radius 2 is 2.27 bits per heavy atom. The topological polar surface area (TPSA) is 24.4 Å². The zero-order valence-electron chi connectivity index (χ0n) is 9.67. The quantitative estimate of drug-likeness (QED) is 0.704. The summed E-state index contributed by atoms with van der Waals surface area (Å²) in [5.74, 6) is 1.07. The molecule has 1 unspecified atom stereocenters. The molecule has 0 saturated heterocycles. The van der Waals surface area contributed by atoms with Crippen LogP contribution in [-0.4, -0.2) is 23.5 Å². The Balaban J connectivity index is 1.51. The van der Waals surface area contributed by atoms with Crippen LogP contribution in [0.15, 0.2) is 4.99 Å². The van der Waals surface area contributed by atoms with Crippen LogP contribution in [0.25, 0.3) is 0 Å². The molecule has 2 nitrogen and oxygen atoms in total. The first-order valence-corrected chi connectivity index (χ1v) is 7.21. The highest BCUT2D eigenvalue weighted by molar-refractivity contribution is 8.14. The minimum atomic E-state index is 0.751. The molecule has 2 aliphatic rings. The van der Waals surface area contributed by atoms with Crippen molar-refractivity contribution in [3.8, 4) is 0 Å². The minimum absolute atomic E-state index is 0.751. The fourth-order valence-electron chi connectivity index (χ4n) is 1.98. The molecule has 3 heteroatoms. The molecule has 2 rings (SSSR count). The van der Waals surface area contributed by atoms with Crippen molar-refractivity contribution in [3.05, 3.63) is 0 Å². The summed E-state index contributed by atoms with van der Waals surface area (Å²) in [5, 5.41) is 5.42. The van der Waals surface area contributed by atoms with Crippen molar-refractivity contribution in [1.29, 1.82) is 0 Å². The molecular formula is C12H22N2S. The second kappa shape index (κ2) is 5.78. The van der Waals surface area contributed by atoms with Gasteiger partial charge in [-0.1, -0.05) is 37.9 Å². The highest BCUT2D eigenvalue weighted by Gasteiger charge is 2.21.